The number of rotatable bonds is 3. The van der Waals surface area contributed by atoms with Crippen LogP contribution in [0.3, 0.4) is 0 Å². The van der Waals surface area contributed by atoms with Crippen LogP contribution in [0.25, 0.3) is 22.0 Å². The van der Waals surface area contributed by atoms with Gasteiger partial charge in [0.15, 0.2) is 5.75 Å². The Morgan fingerprint density at radius 1 is 1.27 bits per heavy atom. The summed E-state index contributed by atoms with van der Waals surface area (Å²) in [6, 6.07) is 7.90. The van der Waals surface area contributed by atoms with Crippen molar-refractivity contribution in [1.29, 1.82) is 0 Å². The molecule has 1 saturated heterocycles. The lowest BCUT2D eigenvalue weighted by Gasteiger charge is -2.40. The molecule has 5 rings (SSSR count). The summed E-state index contributed by atoms with van der Waals surface area (Å²) in [5.74, 6) is 0.992. The quantitative estimate of drug-likeness (QED) is 0.565. The van der Waals surface area contributed by atoms with Gasteiger partial charge in [-0.2, -0.15) is 0 Å². The first-order valence-electron chi connectivity index (χ1n) is 10.2. The van der Waals surface area contributed by atoms with Gasteiger partial charge in [-0.3, -0.25) is 4.79 Å². The Hall–Kier alpha value is -3.21. The lowest BCUT2D eigenvalue weighted by molar-refractivity contribution is -0.126. The fourth-order valence-electron chi connectivity index (χ4n) is 4.34. The fraction of sp³-hybridized carbons (Fsp3) is 0.227. The lowest BCUT2D eigenvalue weighted by Crippen LogP contribution is -2.56. The Labute approximate surface area is 195 Å². The van der Waals surface area contributed by atoms with Crippen LogP contribution in [-0.2, 0) is 14.8 Å². The van der Waals surface area contributed by atoms with Gasteiger partial charge in [0.05, 0.1) is 26.9 Å². The second kappa shape index (κ2) is 7.98. The van der Waals surface area contributed by atoms with Crippen LogP contribution in [0.15, 0.2) is 54.2 Å². The molecule has 2 aliphatic heterocycles. The van der Waals surface area contributed by atoms with Gasteiger partial charge in [-0.05, 0) is 29.8 Å². The van der Waals surface area contributed by atoms with Crippen molar-refractivity contribution < 1.29 is 17.9 Å². The normalized spacial score (nSPS) is 17.8. The molecule has 1 aromatic heterocycles. The minimum absolute atomic E-state index is 0.0181. The van der Waals surface area contributed by atoms with Gasteiger partial charge in [-0.1, -0.05) is 30.3 Å². The van der Waals surface area contributed by atoms with Gasteiger partial charge in [0.2, 0.25) is 15.9 Å². The molecule has 1 atom stereocenters. The molecule has 33 heavy (non-hydrogen) atoms. The minimum atomic E-state index is -3.88. The molecular weight excluding hydrogens is 466 g/mol. The van der Waals surface area contributed by atoms with Crippen LogP contribution in [0.2, 0.25) is 5.02 Å². The number of anilines is 1. The molecule has 0 radical (unpaired) electrons. The number of nitrogens with zero attached hydrogens (tertiary/aromatic N) is 4. The molecule has 9 nitrogen and oxygen atoms in total. The van der Waals surface area contributed by atoms with Crippen molar-refractivity contribution in [1.82, 2.24) is 14.9 Å². The first kappa shape index (κ1) is 21.6. The Morgan fingerprint density at radius 2 is 2.09 bits per heavy atom. The second-order valence-corrected chi connectivity index (χ2v) is 9.82. The van der Waals surface area contributed by atoms with Crippen LogP contribution in [0.5, 0.6) is 5.75 Å². The van der Waals surface area contributed by atoms with E-state index in [1.807, 2.05) is 0 Å². The molecule has 0 bridgehead atoms. The molecule has 1 amide bonds. The second-order valence-electron chi connectivity index (χ2n) is 7.88. The predicted octanol–water partition coefficient (Wildman–Crippen LogP) is 2.19. The number of hydrogen-bond acceptors (Lipinski definition) is 7. The smallest absolute Gasteiger partial charge is 0.246 e. The maximum Gasteiger partial charge on any atom is 0.246 e. The van der Waals surface area contributed by atoms with Crippen LogP contribution in [0.4, 0.5) is 5.82 Å². The number of nitrogens with two attached hydrogens (primary N) is 1. The fourth-order valence-corrected chi connectivity index (χ4v) is 5.21. The first-order chi connectivity index (χ1) is 15.8. The summed E-state index contributed by atoms with van der Waals surface area (Å²) in [5, 5.41) is 6.31. The molecule has 170 valence electrons. The number of ether oxygens (including phenoxy) is 1. The molecule has 11 heteroatoms. The van der Waals surface area contributed by atoms with Gasteiger partial charge >= 0.3 is 0 Å². The van der Waals surface area contributed by atoms with E-state index in [2.05, 4.69) is 21.4 Å². The van der Waals surface area contributed by atoms with Gasteiger partial charge in [0.1, 0.15) is 18.8 Å². The SMILES string of the molecule is C=CC(=O)N1CCN2c3ncnc4cc(-c5cccc(S(N)(=O)=O)c5)c(Cl)c(c34)OC[C@@H]2C1. The predicted molar refractivity (Wildman–Crippen MR) is 125 cm³/mol. The molecule has 3 heterocycles. The molecule has 2 aromatic carbocycles. The van der Waals surface area contributed by atoms with Crippen molar-refractivity contribution in [3.8, 4) is 16.9 Å². The number of aromatic nitrogens is 2. The number of amides is 1. The molecule has 1 fully saturated rings. The minimum Gasteiger partial charge on any atom is -0.489 e. The lowest BCUT2D eigenvalue weighted by atomic mass is 10.0. The van der Waals surface area contributed by atoms with Crippen LogP contribution < -0.4 is 14.8 Å². The maximum atomic E-state index is 12.1. The molecule has 2 N–H and O–H groups in total. The van der Waals surface area contributed by atoms with E-state index in [1.165, 1.54) is 24.5 Å². The van der Waals surface area contributed by atoms with Crippen LogP contribution in [0, 0.1) is 0 Å². The molecule has 2 aliphatic rings. The molecule has 3 aromatic rings. The molecule has 0 spiro atoms. The van der Waals surface area contributed by atoms with E-state index >= 15 is 0 Å². The van der Waals surface area contributed by atoms with E-state index in [0.717, 1.165) is 0 Å². The van der Waals surface area contributed by atoms with E-state index in [-0.39, 0.29) is 23.5 Å². The van der Waals surface area contributed by atoms with E-state index in [4.69, 9.17) is 21.5 Å². The first-order valence-corrected chi connectivity index (χ1v) is 12.1. The zero-order valence-corrected chi connectivity index (χ0v) is 19.0. The maximum absolute atomic E-state index is 12.1. The summed E-state index contributed by atoms with van der Waals surface area (Å²) in [6.07, 6.45) is 2.78. The van der Waals surface area contributed by atoms with Crippen molar-refractivity contribution in [2.75, 3.05) is 31.1 Å². The van der Waals surface area contributed by atoms with Crippen molar-refractivity contribution >= 4 is 44.3 Å². The Bertz CT molecular complexity index is 1410. The largest absolute Gasteiger partial charge is 0.489 e. The number of primary sulfonamides is 1. The summed E-state index contributed by atoms with van der Waals surface area (Å²) < 4.78 is 29.9. The highest BCUT2D eigenvalue weighted by Gasteiger charge is 2.35. The number of piperazine rings is 1. The van der Waals surface area contributed by atoms with Gasteiger partial charge in [-0.25, -0.2) is 23.5 Å². The van der Waals surface area contributed by atoms with Gasteiger partial charge < -0.3 is 14.5 Å². The topological polar surface area (TPSA) is 119 Å². The highest BCUT2D eigenvalue weighted by molar-refractivity contribution is 7.89. The molecule has 0 unspecified atom stereocenters. The Balaban J connectivity index is 1.64. The highest BCUT2D eigenvalue weighted by Crippen LogP contribution is 2.46. The number of carbonyl (C=O) groups excluding carboxylic acids is 1. The standard InChI is InChI=1S/C22H20ClN5O4S/c1-2-18(29)27-6-7-28-14(10-27)11-32-21-19-17(25-12-26-22(19)28)9-16(20(21)23)13-4-3-5-15(8-13)33(24,30)31/h2-5,8-9,12,14H,1,6-7,10-11H2,(H2,24,30,31)/t14-/m0/s1. The van der Waals surface area contributed by atoms with Crippen LogP contribution >= 0.6 is 11.6 Å². The number of sulfonamides is 1. The third kappa shape index (κ3) is 3.69. The van der Waals surface area contributed by atoms with Gasteiger partial charge in [0.25, 0.3) is 0 Å². The number of halogens is 1. The van der Waals surface area contributed by atoms with Crippen molar-refractivity contribution in [2.45, 2.75) is 10.9 Å². The number of fused-ring (bicyclic) bond motifs is 2. The number of carbonyl (C=O) groups is 1. The summed E-state index contributed by atoms with van der Waals surface area (Å²) in [4.78, 5) is 24.9. The third-order valence-electron chi connectivity index (χ3n) is 5.94. The molecular formula is C22H20ClN5O4S. The van der Waals surface area contributed by atoms with Gasteiger partial charge in [-0.15, -0.1) is 0 Å². The van der Waals surface area contributed by atoms with E-state index < -0.39 is 10.0 Å². The van der Waals surface area contributed by atoms with Crippen molar-refractivity contribution in [3.05, 3.63) is 54.3 Å². The summed E-state index contributed by atoms with van der Waals surface area (Å²) >= 11 is 6.81. The summed E-state index contributed by atoms with van der Waals surface area (Å²) in [7, 11) is -3.88. The molecule has 0 saturated carbocycles. The van der Waals surface area contributed by atoms with Crippen molar-refractivity contribution in [2.24, 2.45) is 5.14 Å². The summed E-state index contributed by atoms with van der Waals surface area (Å²) in [5.41, 5.74) is 1.75. The monoisotopic (exact) mass is 485 g/mol. The van der Waals surface area contributed by atoms with Crippen molar-refractivity contribution in [3.63, 3.8) is 0 Å². The van der Waals surface area contributed by atoms with Crippen LogP contribution in [-0.4, -0.2) is 61.5 Å². The average Bonchev–Trinajstić information content (AvgIpc) is 2.98. The number of hydrogen-bond donors (Lipinski definition) is 1. The zero-order chi connectivity index (χ0) is 23.3. The third-order valence-corrected chi connectivity index (χ3v) is 7.22. The zero-order valence-electron chi connectivity index (χ0n) is 17.4. The van der Waals surface area contributed by atoms with Gasteiger partial charge in [0, 0.05) is 25.2 Å². The Morgan fingerprint density at radius 3 is 2.85 bits per heavy atom. The van der Waals surface area contributed by atoms with Crippen LogP contribution in [0.1, 0.15) is 0 Å². The Kier molecular flexibility index (Phi) is 5.23. The van der Waals surface area contributed by atoms with E-state index in [9.17, 15) is 13.2 Å². The van der Waals surface area contributed by atoms with E-state index in [0.29, 0.717) is 58.3 Å². The highest BCUT2D eigenvalue weighted by atomic mass is 35.5. The average molecular weight is 486 g/mol. The molecule has 0 aliphatic carbocycles. The summed E-state index contributed by atoms with van der Waals surface area (Å²) in [6.45, 7) is 5.44. The van der Waals surface area contributed by atoms with E-state index in [1.54, 1.807) is 23.1 Å². The number of benzene rings is 2.